The Kier molecular flexibility index (Phi) is 4.52. The predicted octanol–water partition coefficient (Wildman–Crippen LogP) is 4.79. The number of amides is 1. The second-order valence-electron chi connectivity index (χ2n) is 6.42. The van der Waals surface area contributed by atoms with Gasteiger partial charge < -0.3 is 15.4 Å². The summed E-state index contributed by atoms with van der Waals surface area (Å²) in [6.07, 6.45) is 0. The molecule has 0 aliphatic carbocycles. The molecule has 29 heavy (non-hydrogen) atoms. The number of hydrogen-bond acceptors (Lipinski definition) is 7. The molecule has 0 fully saturated rings. The van der Waals surface area contributed by atoms with E-state index in [9.17, 15) is 4.79 Å². The Bertz CT molecular complexity index is 1180. The van der Waals surface area contributed by atoms with E-state index in [-0.39, 0.29) is 11.8 Å². The lowest BCUT2D eigenvalue weighted by Gasteiger charge is -2.28. The Morgan fingerprint density at radius 2 is 1.86 bits per heavy atom. The van der Waals surface area contributed by atoms with E-state index in [1.54, 1.807) is 0 Å². The number of thioether (sulfide) groups is 1. The van der Waals surface area contributed by atoms with Crippen LogP contribution < -0.4 is 15.4 Å². The fourth-order valence-electron chi connectivity index (χ4n) is 3.38. The number of halogens is 2. The Morgan fingerprint density at radius 3 is 2.66 bits per heavy atom. The maximum Gasteiger partial charge on any atom is 0.295 e. The van der Waals surface area contributed by atoms with E-state index >= 15 is 0 Å². The van der Waals surface area contributed by atoms with Crippen molar-refractivity contribution in [3.63, 3.8) is 0 Å². The molecule has 1 spiro atoms. The summed E-state index contributed by atoms with van der Waals surface area (Å²) in [5, 5.41) is 15.3. The summed E-state index contributed by atoms with van der Waals surface area (Å²) in [5.41, 5.74) is 1.79. The molecule has 0 saturated heterocycles. The molecule has 146 valence electrons. The summed E-state index contributed by atoms with van der Waals surface area (Å²) in [4.78, 5) is 17.7. The van der Waals surface area contributed by atoms with Crippen LogP contribution in [0.1, 0.15) is 12.5 Å². The summed E-state index contributed by atoms with van der Waals surface area (Å²) in [6, 6.07) is 11.2. The molecule has 0 saturated carbocycles. The first-order chi connectivity index (χ1) is 14.0. The van der Waals surface area contributed by atoms with Crippen LogP contribution in [0, 0.1) is 0 Å². The molecule has 0 bridgehead atoms. The number of hydrogen-bond donors (Lipinski definition) is 2. The van der Waals surface area contributed by atoms with Crippen molar-refractivity contribution in [1.82, 2.24) is 15.2 Å². The van der Waals surface area contributed by atoms with Crippen LogP contribution in [0.3, 0.4) is 0 Å². The maximum absolute atomic E-state index is 13.2. The van der Waals surface area contributed by atoms with Gasteiger partial charge in [0, 0.05) is 20.2 Å². The molecule has 0 radical (unpaired) electrons. The van der Waals surface area contributed by atoms with Crippen LogP contribution in [-0.2, 0) is 10.5 Å². The normalized spacial score (nSPS) is 18.8. The molecule has 1 aromatic heterocycles. The highest BCUT2D eigenvalue weighted by molar-refractivity contribution is 9.10. The highest BCUT2D eigenvalue weighted by atomic mass is 79.9. The highest BCUT2D eigenvalue weighted by Crippen LogP contribution is 2.47. The number of aromatic nitrogens is 3. The summed E-state index contributed by atoms with van der Waals surface area (Å²) in [7, 11) is 0. The van der Waals surface area contributed by atoms with E-state index in [2.05, 4.69) is 57.7 Å². The van der Waals surface area contributed by atoms with Gasteiger partial charge in [-0.2, -0.15) is 4.98 Å². The van der Waals surface area contributed by atoms with E-state index in [0.29, 0.717) is 27.8 Å². The molecule has 1 amide bonds. The highest BCUT2D eigenvalue weighted by Gasteiger charge is 2.52. The number of benzene rings is 2. The quantitative estimate of drug-likeness (QED) is 0.457. The van der Waals surface area contributed by atoms with Crippen molar-refractivity contribution in [1.29, 1.82) is 0 Å². The second kappa shape index (κ2) is 6.96. The minimum Gasteiger partial charge on any atom is -0.435 e. The van der Waals surface area contributed by atoms with E-state index in [0.717, 1.165) is 20.3 Å². The Hall–Kier alpha value is -2.17. The van der Waals surface area contributed by atoms with E-state index in [1.165, 1.54) is 11.8 Å². The van der Waals surface area contributed by atoms with Crippen molar-refractivity contribution in [3.8, 4) is 17.1 Å². The number of rotatable bonds is 2. The number of ether oxygens (including phenoxy) is 1. The van der Waals surface area contributed by atoms with Gasteiger partial charge in [-0.25, -0.2) is 0 Å². The first-order valence-corrected chi connectivity index (χ1v) is 11.3. The maximum atomic E-state index is 13.2. The Balaban J connectivity index is 1.78. The second-order valence-corrected chi connectivity index (χ2v) is 9.49. The average Bonchev–Trinajstić information content (AvgIpc) is 2.86. The van der Waals surface area contributed by atoms with Crippen molar-refractivity contribution < 1.29 is 9.53 Å². The molecule has 2 N–H and O–H groups in total. The van der Waals surface area contributed by atoms with Gasteiger partial charge in [0.1, 0.15) is 0 Å². The van der Waals surface area contributed by atoms with Gasteiger partial charge in [0.15, 0.2) is 5.69 Å². The van der Waals surface area contributed by atoms with Gasteiger partial charge in [0.25, 0.3) is 11.6 Å². The molecule has 2 aliphatic heterocycles. The van der Waals surface area contributed by atoms with Crippen molar-refractivity contribution in [2.75, 3.05) is 16.4 Å². The first kappa shape index (κ1) is 18.8. The molecule has 10 heteroatoms. The first-order valence-electron chi connectivity index (χ1n) is 8.76. The Morgan fingerprint density at radius 1 is 1.10 bits per heavy atom. The largest absolute Gasteiger partial charge is 0.435 e. The fraction of sp³-hybridized carbons (Fsp3) is 0.158. The summed E-state index contributed by atoms with van der Waals surface area (Å²) >= 11 is 8.45. The van der Waals surface area contributed by atoms with Gasteiger partial charge >= 0.3 is 0 Å². The molecule has 3 heterocycles. The van der Waals surface area contributed by atoms with Gasteiger partial charge in [-0.15, -0.1) is 10.2 Å². The number of anilines is 2. The van der Waals surface area contributed by atoms with Crippen LogP contribution in [0.4, 0.5) is 11.4 Å². The van der Waals surface area contributed by atoms with Crippen LogP contribution in [0.15, 0.2) is 50.5 Å². The zero-order valence-corrected chi connectivity index (χ0v) is 19.0. The predicted molar refractivity (Wildman–Crippen MR) is 118 cm³/mol. The lowest BCUT2D eigenvalue weighted by molar-refractivity contribution is -0.128. The van der Waals surface area contributed by atoms with Crippen LogP contribution in [0.25, 0.3) is 11.3 Å². The smallest absolute Gasteiger partial charge is 0.295 e. The average molecular weight is 535 g/mol. The van der Waals surface area contributed by atoms with Gasteiger partial charge in [-0.1, -0.05) is 50.5 Å². The lowest BCUT2D eigenvalue weighted by atomic mass is 10.0. The third-order valence-corrected chi connectivity index (χ3v) is 6.34. The standard InChI is InChI=1S/C19H13Br2N5O2S/c1-2-29-18-23-16-15(25-26-18)11-7-9(20)3-5-13(11)24-19(28-16)12-8-10(21)4-6-14(12)22-17(19)27/h3-8,24H,2H2,1H3,(H,22,27)/t19-/m0/s1. The molecule has 0 unspecified atom stereocenters. The van der Waals surface area contributed by atoms with Crippen molar-refractivity contribution in [3.05, 3.63) is 50.9 Å². The van der Waals surface area contributed by atoms with Gasteiger partial charge in [-0.05, 0) is 42.2 Å². The van der Waals surface area contributed by atoms with Crippen LogP contribution in [0.2, 0.25) is 0 Å². The van der Waals surface area contributed by atoms with Crippen LogP contribution in [-0.4, -0.2) is 26.8 Å². The molecule has 1 atom stereocenters. The molecular weight excluding hydrogens is 522 g/mol. The van der Waals surface area contributed by atoms with Gasteiger partial charge in [0.2, 0.25) is 11.0 Å². The molecule has 7 nitrogen and oxygen atoms in total. The van der Waals surface area contributed by atoms with Gasteiger partial charge in [0.05, 0.1) is 11.3 Å². The minimum absolute atomic E-state index is 0.253. The molecular formula is C19H13Br2N5O2S. The lowest BCUT2D eigenvalue weighted by Crippen LogP contribution is -2.47. The fourth-order valence-corrected chi connectivity index (χ4v) is 4.61. The van der Waals surface area contributed by atoms with E-state index < -0.39 is 5.72 Å². The molecule has 2 aromatic carbocycles. The number of carbonyl (C=O) groups is 1. The Labute approximate surface area is 187 Å². The topological polar surface area (TPSA) is 89.0 Å². The molecule has 5 rings (SSSR count). The zero-order valence-electron chi connectivity index (χ0n) is 15.0. The SMILES string of the molecule is CCSc1nnc2c(n1)O[C@]1(Nc3ccc(Br)cc3-2)C(=O)Nc2ccc(Br)cc21. The monoisotopic (exact) mass is 533 g/mol. The van der Waals surface area contributed by atoms with E-state index in [4.69, 9.17) is 4.74 Å². The zero-order chi connectivity index (χ0) is 20.2. The van der Waals surface area contributed by atoms with Crippen molar-refractivity contribution in [2.24, 2.45) is 0 Å². The van der Waals surface area contributed by atoms with Gasteiger partial charge in [-0.3, -0.25) is 4.79 Å². The van der Waals surface area contributed by atoms with Crippen LogP contribution >= 0.6 is 43.6 Å². The van der Waals surface area contributed by atoms with Crippen molar-refractivity contribution in [2.45, 2.75) is 17.8 Å². The van der Waals surface area contributed by atoms with E-state index in [1.807, 2.05) is 43.3 Å². The third-order valence-electron chi connectivity index (χ3n) is 4.63. The summed E-state index contributed by atoms with van der Waals surface area (Å²) in [5.74, 6) is 0.723. The third kappa shape index (κ3) is 3.01. The number of fused-ring (bicyclic) bond motifs is 5. The van der Waals surface area contributed by atoms with Crippen LogP contribution in [0.5, 0.6) is 5.88 Å². The number of nitrogens with one attached hydrogen (secondary N) is 2. The number of carbonyl (C=O) groups excluding carboxylic acids is 1. The molecule has 3 aromatic rings. The minimum atomic E-state index is -1.48. The number of nitrogens with zero attached hydrogens (tertiary/aromatic N) is 3. The molecule has 2 aliphatic rings. The summed E-state index contributed by atoms with van der Waals surface area (Å²) in [6.45, 7) is 2.01. The van der Waals surface area contributed by atoms with Crippen molar-refractivity contribution >= 4 is 60.9 Å². The summed E-state index contributed by atoms with van der Waals surface area (Å²) < 4.78 is 8.02.